The Balaban J connectivity index is 0. The molecule has 0 aromatic heterocycles. The third kappa shape index (κ3) is 12.7. The molecular formula is C20H34F6O3Si4. The Labute approximate surface area is 197 Å². The highest BCUT2D eigenvalue weighted by Crippen LogP contribution is 2.24. The van der Waals surface area contributed by atoms with E-state index in [9.17, 15) is 0 Å². The first kappa shape index (κ1) is 33.9. The largest absolute Gasteiger partial charge is 0.437 e. The smallest absolute Gasteiger partial charge is 0.388 e. The van der Waals surface area contributed by atoms with Crippen LogP contribution in [0, 0.1) is 0 Å². The van der Waals surface area contributed by atoms with Crippen molar-refractivity contribution in [2.45, 2.75) is 52.4 Å². The van der Waals surface area contributed by atoms with E-state index in [1.165, 1.54) is 0 Å². The summed E-state index contributed by atoms with van der Waals surface area (Å²) >= 11 is 0. The summed E-state index contributed by atoms with van der Waals surface area (Å²) < 4.78 is 68.6. The van der Waals surface area contributed by atoms with Crippen molar-refractivity contribution in [3.63, 3.8) is 0 Å². The second kappa shape index (κ2) is 15.6. The Kier molecular flexibility index (Phi) is 16.1. The van der Waals surface area contributed by atoms with Gasteiger partial charge in [0.15, 0.2) is 16.6 Å². The first-order valence-electron chi connectivity index (χ1n) is 9.97. The normalized spacial score (nSPS) is 11.7. The van der Waals surface area contributed by atoms with Crippen molar-refractivity contribution in [1.29, 1.82) is 0 Å². The van der Waals surface area contributed by atoms with Crippen LogP contribution in [-0.4, -0.2) is 33.8 Å². The summed E-state index contributed by atoms with van der Waals surface area (Å²) in [6.07, 6.45) is 0. The molecule has 0 bridgehead atoms. The molecule has 0 aliphatic heterocycles. The first-order valence-corrected chi connectivity index (χ1v) is 21.4. The summed E-state index contributed by atoms with van der Waals surface area (Å²) in [5, 5.41) is 2.30. The zero-order chi connectivity index (χ0) is 26.3. The molecule has 190 valence electrons. The fourth-order valence-electron chi connectivity index (χ4n) is 3.27. The van der Waals surface area contributed by atoms with E-state index in [1.54, 1.807) is 0 Å². The van der Waals surface area contributed by atoms with Crippen LogP contribution in [-0.2, 0) is 12.3 Å². The molecular weight excluding hydrogens is 515 g/mol. The minimum absolute atomic E-state index is 1.15. The maximum absolute atomic E-state index is 8.00. The van der Waals surface area contributed by atoms with Crippen LogP contribution in [0.1, 0.15) is 0 Å². The fraction of sp³-hybridized carbons (Fsp3) is 0.400. The van der Waals surface area contributed by atoms with Crippen LogP contribution in [0.15, 0.2) is 60.7 Å². The average molecular weight is 549 g/mol. The molecule has 3 nitrogen and oxygen atoms in total. The number of halogens is 6. The zero-order valence-electron chi connectivity index (χ0n) is 20.3. The van der Waals surface area contributed by atoms with Gasteiger partial charge in [-0.05, 0) is 62.7 Å². The van der Waals surface area contributed by atoms with E-state index >= 15 is 0 Å². The van der Waals surface area contributed by atoms with Gasteiger partial charge in [-0.15, -0.1) is 0 Å². The van der Waals surface area contributed by atoms with Crippen molar-refractivity contribution in [1.82, 2.24) is 0 Å². The van der Waals surface area contributed by atoms with E-state index < -0.39 is 33.8 Å². The van der Waals surface area contributed by atoms with Crippen LogP contribution >= 0.6 is 0 Å². The van der Waals surface area contributed by atoms with Crippen molar-refractivity contribution >= 4 is 44.1 Å². The van der Waals surface area contributed by atoms with Crippen molar-refractivity contribution in [2.75, 3.05) is 0 Å². The molecule has 0 fully saturated rings. The molecule has 2 rings (SSSR count). The molecule has 33 heavy (non-hydrogen) atoms. The molecule has 2 aromatic rings. The molecule has 0 unspecified atom stereocenters. The minimum Gasteiger partial charge on any atom is -0.437 e. The van der Waals surface area contributed by atoms with Crippen LogP contribution in [0.2, 0.25) is 52.4 Å². The summed E-state index contributed by atoms with van der Waals surface area (Å²) in [7, 11) is -8.96. The topological polar surface area (TPSA) is 27.7 Å². The quantitative estimate of drug-likeness (QED) is 0.258. The lowest BCUT2D eigenvalue weighted by molar-refractivity contribution is 0.108. The Morgan fingerprint density at radius 2 is 0.758 bits per heavy atom. The van der Waals surface area contributed by atoms with Crippen LogP contribution < -0.4 is 10.4 Å². The maximum Gasteiger partial charge on any atom is 0.388 e. The Bertz CT molecular complexity index is 705. The summed E-state index contributed by atoms with van der Waals surface area (Å²) in [5.41, 5.74) is 0. The molecule has 0 N–H and O–H groups in total. The lowest BCUT2D eigenvalue weighted by atomic mass is 10.4. The summed E-state index contributed by atoms with van der Waals surface area (Å²) in [5.74, 6) is 0. The highest BCUT2D eigenvalue weighted by molar-refractivity contribution is 7.02. The third-order valence-corrected chi connectivity index (χ3v) is 17.0. The highest BCUT2D eigenvalue weighted by atomic mass is 28.5. The molecule has 0 aliphatic rings. The Morgan fingerprint density at radius 3 is 1.03 bits per heavy atom. The Hall–Kier alpha value is -1.23. The molecule has 0 aliphatic carbocycles. The van der Waals surface area contributed by atoms with Crippen molar-refractivity contribution < 1.29 is 39.8 Å². The second-order valence-electron chi connectivity index (χ2n) is 9.28. The minimum atomic E-state index is -2.90. The molecule has 0 atom stereocenters. The second-order valence-corrected chi connectivity index (χ2v) is 25.4. The van der Waals surface area contributed by atoms with E-state index in [1.807, 2.05) is 12.1 Å². The zero-order valence-corrected chi connectivity index (χ0v) is 24.3. The van der Waals surface area contributed by atoms with Crippen LogP contribution in [0.4, 0.5) is 27.4 Å². The Morgan fingerprint density at radius 1 is 0.455 bits per heavy atom. The predicted molar refractivity (Wildman–Crippen MR) is 132 cm³/mol. The highest BCUT2D eigenvalue weighted by Gasteiger charge is 2.51. The monoisotopic (exact) mass is 548 g/mol. The van der Waals surface area contributed by atoms with Gasteiger partial charge in [-0.3, -0.25) is 0 Å². The van der Waals surface area contributed by atoms with E-state index in [2.05, 4.69) is 101 Å². The SMILES string of the molecule is C[Si](C)(C)O[Si](C)(C)O[Si](O[Si](C)(C)C)(c1ccccc1)c1ccccc1.FF.FF.FF. The third-order valence-electron chi connectivity index (χ3n) is 3.70. The van der Waals surface area contributed by atoms with Crippen molar-refractivity contribution in [3.05, 3.63) is 60.7 Å². The summed E-state index contributed by atoms with van der Waals surface area (Å²) in [6.45, 7) is 17.7. The van der Waals surface area contributed by atoms with E-state index in [0.717, 1.165) is 10.4 Å². The lowest BCUT2D eigenvalue weighted by Crippen LogP contribution is -2.71. The molecule has 0 saturated carbocycles. The summed E-state index contributed by atoms with van der Waals surface area (Å²) in [6, 6.07) is 21.0. The molecule has 0 amide bonds. The van der Waals surface area contributed by atoms with Gasteiger partial charge in [0.25, 0.3) is 0 Å². The average Bonchev–Trinajstić information content (AvgIpc) is 2.76. The fourth-order valence-corrected chi connectivity index (χ4v) is 20.0. The first-order chi connectivity index (χ1) is 15.3. The predicted octanol–water partition coefficient (Wildman–Crippen LogP) is 7.19. The van der Waals surface area contributed by atoms with Gasteiger partial charge in [-0.2, -0.15) is 0 Å². The molecule has 0 radical (unpaired) electrons. The number of hydrogen-bond acceptors (Lipinski definition) is 3. The molecule has 0 spiro atoms. The number of hydrogen-bond donors (Lipinski definition) is 0. The molecule has 0 saturated heterocycles. The van der Waals surface area contributed by atoms with Crippen molar-refractivity contribution in [2.24, 2.45) is 0 Å². The standard InChI is InChI=1S/C20H34O3Si4.3F2/c1-24(2,3)21-26(7,8)23-27(22-25(4,5)6,19-15-11-9-12-16-19)20-17-13-10-14-18-20;3*1-2/h9-18H,1-8H3;;;. The van der Waals surface area contributed by atoms with Crippen LogP contribution in [0.3, 0.4) is 0 Å². The van der Waals surface area contributed by atoms with Gasteiger partial charge >= 0.3 is 17.1 Å². The van der Waals surface area contributed by atoms with Crippen LogP contribution in [0.25, 0.3) is 0 Å². The van der Waals surface area contributed by atoms with Crippen LogP contribution in [0.5, 0.6) is 0 Å². The number of rotatable bonds is 8. The maximum atomic E-state index is 8.00. The van der Waals surface area contributed by atoms with E-state index in [0.29, 0.717) is 0 Å². The summed E-state index contributed by atoms with van der Waals surface area (Å²) in [4.78, 5) is 0. The molecule has 13 heteroatoms. The molecule has 0 heterocycles. The van der Waals surface area contributed by atoms with E-state index in [-0.39, 0.29) is 0 Å². The van der Waals surface area contributed by atoms with Crippen molar-refractivity contribution in [3.8, 4) is 0 Å². The van der Waals surface area contributed by atoms with Gasteiger partial charge in [0.05, 0.1) is 0 Å². The van der Waals surface area contributed by atoms with Gasteiger partial charge in [0, 0.05) is 27.4 Å². The lowest BCUT2D eigenvalue weighted by Gasteiger charge is -2.43. The van der Waals surface area contributed by atoms with Gasteiger partial charge in [-0.1, -0.05) is 60.7 Å². The van der Waals surface area contributed by atoms with E-state index in [4.69, 9.17) is 39.8 Å². The van der Waals surface area contributed by atoms with Gasteiger partial charge in [0.2, 0.25) is 0 Å². The van der Waals surface area contributed by atoms with Gasteiger partial charge in [-0.25, -0.2) is 0 Å². The number of benzene rings is 2. The van der Waals surface area contributed by atoms with Gasteiger partial charge < -0.3 is 12.3 Å². The van der Waals surface area contributed by atoms with Gasteiger partial charge in [0.1, 0.15) is 0 Å². The molecule has 2 aromatic carbocycles.